The Morgan fingerprint density at radius 3 is 2.75 bits per heavy atom. The Hall–Kier alpha value is -2.42. The summed E-state index contributed by atoms with van der Waals surface area (Å²) in [5.74, 6) is 0.454. The minimum atomic E-state index is -3.61. The van der Waals surface area contributed by atoms with Gasteiger partial charge in [-0.3, -0.25) is 4.79 Å². The monoisotopic (exact) mass is 560 g/mol. The molecule has 0 unspecified atom stereocenters. The lowest BCUT2D eigenvalue weighted by atomic mass is 9.99. The summed E-state index contributed by atoms with van der Waals surface area (Å²) < 4.78 is 27.6. The molecule has 7 nitrogen and oxygen atoms in total. The van der Waals surface area contributed by atoms with E-state index >= 15 is 0 Å². The van der Waals surface area contributed by atoms with Gasteiger partial charge in [0.05, 0.1) is 21.7 Å². The zero-order valence-electron chi connectivity index (χ0n) is 19.6. The van der Waals surface area contributed by atoms with Crippen molar-refractivity contribution in [2.45, 2.75) is 41.9 Å². The summed E-state index contributed by atoms with van der Waals surface area (Å²) in [6.07, 6.45) is 1.69. The van der Waals surface area contributed by atoms with Gasteiger partial charge < -0.3 is 5.32 Å². The highest BCUT2D eigenvalue weighted by atomic mass is 35.5. The fourth-order valence-corrected chi connectivity index (χ4v) is 7.47. The maximum absolute atomic E-state index is 13.1. The summed E-state index contributed by atoms with van der Waals surface area (Å²) in [7, 11) is -3.61. The van der Waals surface area contributed by atoms with Crippen molar-refractivity contribution >= 4 is 56.3 Å². The van der Waals surface area contributed by atoms with Crippen molar-refractivity contribution in [3.8, 4) is 6.07 Å². The molecule has 1 aliphatic heterocycles. The van der Waals surface area contributed by atoms with Crippen LogP contribution in [-0.4, -0.2) is 42.5 Å². The summed E-state index contributed by atoms with van der Waals surface area (Å²) in [5.41, 5.74) is 1.87. The molecular formula is C25H25ClN4O3S3. The molecule has 2 aromatic carbocycles. The summed E-state index contributed by atoms with van der Waals surface area (Å²) >= 11 is 9.09. The van der Waals surface area contributed by atoms with Crippen LogP contribution in [0.5, 0.6) is 0 Å². The first kappa shape index (κ1) is 26.6. The summed E-state index contributed by atoms with van der Waals surface area (Å²) in [4.78, 5) is 18.5. The molecule has 11 heteroatoms. The number of nitrogens with zero attached hydrogens (tertiary/aromatic N) is 3. The predicted octanol–water partition coefficient (Wildman–Crippen LogP) is 5.93. The van der Waals surface area contributed by atoms with Gasteiger partial charge in [-0.05, 0) is 49.6 Å². The van der Waals surface area contributed by atoms with E-state index in [4.69, 9.17) is 16.9 Å². The molecule has 188 valence electrons. The first-order valence-corrected chi connectivity index (χ1v) is 15.1. The van der Waals surface area contributed by atoms with E-state index in [-0.39, 0.29) is 16.7 Å². The van der Waals surface area contributed by atoms with E-state index in [1.807, 2.05) is 31.2 Å². The normalized spacial score (nSPS) is 14.9. The first-order chi connectivity index (χ1) is 17.3. The van der Waals surface area contributed by atoms with Crippen LogP contribution in [-0.2, 0) is 10.0 Å². The van der Waals surface area contributed by atoms with E-state index in [1.165, 1.54) is 33.5 Å². The number of hydrogen-bond donors (Lipinski definition) is 1. The highest BCUT2D eigenvalue weighted by Gasteiger charge is 2.31. The highest BCUT2D eigenvalue weighted by Crippen LogP contribution is 2.34. The molecule has 36 heavy (non-hydrogen) atoms. The molecule has 4 rings (SSSR count). The minimum absolute atomic E-state index is 0.0958. The summed E-state index contributed by atoms with van der Waals surface area (Å²) in [5, 5.41) is 14.7. The molecule has 1 N–H and O–H groups in total. The number of para-hydroxylation sites is 1. The third-order valence-electron chi connectivity index (χ3n) is 5.95. The van der Waals surface area contributed by atoms with Crippen molar-refractivity contribution in [1.82, 2.24) is 9.29 Å². The van der Waals surface area contributed by atoms with Crippen LogP contribution in [0.15, 0.2) is 57.6 Å². The van der Waals surface area contributed by atoms with Gasteiger partial charge in [0, 0.05) is 46.5 Å². The summed E-state index contributed by atoms with van der Waals surface area (Å²) in [6, 6.07) is 14.4. The molecule has 0 saturated carbocycles. The number of amides is 1. The van der Waals surface area contributed by atoms with Gasteiger partial charge in [0.1, 0.15) is 5.69 Å². The molecule has 1 aromatic heterocycles. The number of anilines is 1. The van der Waals surface area contributed by atoms with Gasteiger partial charge >= 0.3 is 0 Å². The molecule has 1 saturated heterocycles. The lowest BCUT2D eigenvalue weighted by molar-refractivity contribution is 0.102. The number of rotatable bonds is 8. The van der Waals surface area contributed by atoms with Crippen molar-refractivity contribution in [3.63, 3.8) is 0 Å². The number of halogens is 1. The van der Waals surface area contributed by atoms with Gasteiger partial charge in [-0.25, -0.2) is 13.4 Å². The maximum Gasteiger partial charge on any atom is 0.275 e. The Kier molecular flexibility index (Phi) is 8.70. The molecule has 0 bridgehead atoms. The Balaban J connectivity index is 1.38. The number of piperidine rings is 1. The third-order valence-corrected chi connectivity index (χ3v) is 10.3. The van der Waals surface area contributed by atoms with Crippen LogP contribution in [0.25, 0.3) is 0 Å². The van der Waals surface area contributed by atoms with Crippen LogP contribution in [0.4, 0.5) is 5.69 Å². The molecule has 1 aliphatic rings. The topological polar surface area (TPSA) is 103 Å². The van der Waals surface area contributed by atoms with Gasteiger partial charge in [0.25, 0.3) is 5.91 Å². The van der Waals surface area contributed by atoms with Crippen LogP contribution in [0.1, 0.15) is 46.2 Å². The zero-order chi connectivity index (χ0) is 25.7. The number of thiazole rings is 1. The number of benzene rings is 2. The number of aromatic nitrogens is 1. The molecule has 1 amide bonds. The third kappa shape index (κ3) is 6.10. The fourth-order valence-electron chi connectivity index (χ4n) is 3.89. The van der Waals surface area contributed by atoms with Crippen LogP contribution in [0, 0.1) is 18.3 Å². The second-order valence-corrected chi connectivity index (χ2v) is 12.7. The number of nitrogens with one attached hydrogen (secondary N) is 1. The fraction of sp³-hybridized carbons (Fsp3) is 0.320. The molecule has 0 radical (unpaired) electrons. The standard InChI is InChI=1S/C25H25ClN4O3S3/c1-17-7-8-19(15-20(17)26)36(32,33)30-12-9-18(10-13-30)25-29-22(16-35-25)24(31)28-21-5-2-3-6-23(21)34-14-4-11-27/h2-3,5-8,15-16,18H,4,9-10,12-14H2,1H3,(H,28,31). The first-order valence-electron chi connectivity index (χ1n) is 11.4. The van der Waals surface area contributed by atoms with Gasteiger partial charge in [-0.2, -0.15) is 9.57 Å². The molecule has 0 atom stereocenters. The van der Waals surface area contributed by atoms with Crippen molar-refractivity contribution in [1.29, 1.82) is 5.26 Å². The Bertz CT molecular complexity index is 1390. The largest absolute Gasteiger partial charge is 0.320 e. The average molecular weight is 561 g/mol. The van der Waals surface area contributed by atoms with Crippen molar-refractivity contribution < 1.29 is 13.2 Å². The summed E-state index contributed by atoms with van der Waals surface area (Å²) in [6.45, 7) is 2.60. The molecule has 0 aliphatic carbocycles. The number of carbonyl (C=O) groups excluding carboxylic acids is 1. The number of thioether (sulfide) groups is 1. The van der Waals surface area contributed by atoms with E-state index in [9.17, 15) is 13.2 Å². The number of hydrogen-bond acceptors (Lipinski definition) is 7. The quantitative estimate of drug-likeness (QED) is 0.270. The van der Waals surface area contributed by atoms with E-state index in [0.29, 0.717) is 54.5 Å². The van der Waals surface area contributed by atoms with Gasteiger partial charge in [0.2, 0.25) is 10.0 Å². The van der Waals surface area contributed by atoms with E-state index in [1.54, 1.807) is 17.5 Å². The van der Waals surface area contributed by atoms with Gasteiger partial charge in [0.15, 0.2) is 0 Å². The van der Waals surface area contributed by atoms with Crippen LogP contribution >= 0.6 is 34.7 Å². The van der Waals surface area contributed by atoms with Crippen molar-refractivity contribution in [3.05, 3.63) is 69.1 Å². The van der Waals surface area contributed by atoms with Gasteiger partial charge in [-0.15, -0.1) is 23.1 Å². The Labute approximate surface area is 224 Å². The number of sulfonamides is 1. The highest BCUT2D eigenvalue weighted by molar-refractivity contribution is 7.99. The molecule has 2 heterocycles. The van der Waals surface area contributed by atoms with Crippen LogP contribution in [0.2, 0.25) is 5.02 Å². The van der Waals surface area contributed by atoms with Crippen LogP contribution < -0.4 is 5.32 Å². The average Bonchev–Trinajstić information content (AvgIpc) is 3.37. The molecular weight excluding hydrogens is 536 g/mol. The van der Waals surface area contributed by atoms with Gasteiger partial charge in [-0.1, -0.05) is 29.8 Å². The molecule has 3 aromatic rings. The van der Waals surface area contributed by atoms with E-state index < -0.39 is 10.0 Å². The molecule has 0 spiro atoms. The van der Waals surface area contributed by atoms with E-state index in [0.717, 1.165) is 15.5 Å². The minimum Gasteiger partial charge on any atom is -0.320 e. The smallest absolute Gasteiger partial charge is 0.275 e. The predicted molar refractivity (Wildman–Crippen MR) is 144 cm³/mol. The number of carbonyl (C=O) groups is 1. The van der Waals surface area contributed by atoms with Crippen molar-refractivity contribution in [2.75, 3.05) is 24.2 Å². The van der Waals surface area contributed by atoms with Crippen LogP contribution in [0.3, 0.4) is 0 Å². The SMILES string of the molecule is Cc1ccc(S(=O)(=O)N2CCC(c3nc(C(=O)Nc4ccccc4SCCC#N)cs3)CC2)cc1Cl. The Morgan fingerprint density at radius 2 is 2.03 bits per heavy atom. The number of aryl methyl sites for hydroxylation is 1. The second kappa shape index (κ2) is 11.8. The second-order valence-electron chi connectivity index (χ2n) is 8.37. The van der Waals surface area contributed by atoms with E-state index in [2.05, 4.69) is 16.4 Å². The zero-order valence-corrected chi connectivity index (χ0v) is 22.8. The van der Waals surface area contributed by atoms with Crippen molar-refractivity contribution in [2.24, 2.45) is 0 Å². The Morgan fingerprint density at radius 1 is 1.28 bits per heavy atom. The lowest BCUT2D eigenvalue weighted by Gasteiger charge is -2.30. The lowest BCUT2D eigenvalue weighted by Crippen LogP contribution is -2.37. The number of nitriles is 1. The molecule has 1 fully saturated rings. The maximum atomic E-state index is 13.1.